The summed E-state index contributed by atoms with van der Waals surface area (Å²) < 4.78 is 30.9. The summed E-state index contributed by atoms with van der Waals surface area (Å²) in [7, 11) is -4.21. The van der Waals surface area contributed by atoms with Gasteiger partial charge in [-0.15, -0.1) is 5.11 Å². The van der Waals surface area contributed by atoms with E-state index in [1.54, 1.807) is 24.4 Å². The van der Waals surface area contributed by atoms with Crippen LogP contribution in [0.25, 0.3) is 10.9 Å². The largest absolute Gasteiger partial charge is 0.397 e. The quantitative estimate of drug-likeness (QED) is 0.433. The molecule has 8 heteroatoms. The molecule has 7 nitrogen and oxygen atoms in total. The van der Waals surface area contributed by atoms with Crippen LogP contribution in [0.4, 0.5) is 17.1 Å². The van der Waals surface area contributed by atoms with Crippen LogP contribution in [0.2, 0.25) is 0 Å². The van der Waals surface area contributed by atoms with Crippen molar-refractivity contribution in [2.45, 2.75) is 4.90 Å². The van der Waals surface area contributed by atoms with Crippen molar-refractivity contribution in [3.63, 3.8) is 0 Å². The molecule has 0 atom stereocenters. The van der Waals surface area contributed by atoms with Gasteiger partial charge in [-0.2, -0.15) is 13.5 Å². The van der Waals surface area contributed by atoms with Gasteiger partial charge in [0.2, 0.25) is 0 Å². The molecular weight excluding hydrogens is 316 g/mol. The van der Waals surface area contributed by atoms with Crippen molar-refractivity contribution in [1.29, 1.82) is 0 Å². The lowest BCUT2D eigenvalue weighted by Crippen LogP contribution is -1.96. The van der Waals surface area contributed by atoms with Gasteiger partial charge in [0.25, 0.3) is 10.1 Å². The zero-order valence-electron chi connectivity index (χ0n) is 11.8. The molecule has 0 spiro atoms. The summed E-state index contributed by atoms with van der Waals surface area (Å²) in [5.74, 6) is 0. The summed E-state index contributed by atoms with van der Waals surface area (Å²) in [4.78, 5) is 4.02. The van der Waals surface area contributed by atoms with Gasteiger partial charge in [0, 0.05) is 11.6 Å². The molecule has 23 heavy (non-hydrogen) atoms. The van der Waals surface area contributed by atoms with Crippen molar-refractivity contribution in [2.75, 3.05) is 5.73 Å². The predicted molar refractivity (Wildman–Crippen MR) is 86.6 cm³/mol. The number of nitrogens with zero attached hydrogens (tertiary/aromatic N) is 3. The van der Waals surface area contributed by atoms with Crippen LogP contribution in [-0.2, 0) is 10.1 Å². The number of aromatic nitrogens is 1. The monoisotopic (exact) mass is 328 g/mol. The lowest BCUT2D eigenvalue weighted by Gasteiger charge is -2.03. The highest BCUT2D eigenvalue weighted by Crippen LogP contribution is 2.30. The number of nitrogen functional groups attached to an aromatic ring is 1. The SMILES string of the molecule is Nc1ccc(N=Nc2ccc(S(=O)(=O)O)cc2)c2cccnc12. The maximum Gasteiger partial charge on any atom is 0.294 e. The number of pyridine rings is 1. The predicted octanol–water partition coefficient (Wildman–Crippen LogP) is 3.48. The Morgan fingerprint density at radius 3 is 2.43 bits per heavy atom. The number of hydrogen-bond donors (Lipinski definition) is 2. The molecule has 0 amide bonds. The number of rotatable bonds is 3. The van der Waals surface area contributed by atoms with Gasteiger partial charge in [0.1, 0.15) is 0 Å². The van der Waals surface area contributed by atoms with E-state index in [1.807, 2.05) is 6.07 Å². The molecule has 0 unspecified atom stereocenters. The third-order valence-corrected chi connectivity index (χ3v) is 4.05. The summed E-state index contributed by atoms with van der Waals surface area (Å²) in [5.41, 5.74) is 8.12. The summed E-state index contributed by atoms with van der Waals surface area (Å²) in [6, 6.07) is 12.5. The average molecular weight is 328 g/mol. The molecule has 0 saturated heterocycles. The Morgan fingerprint density at radius 2 is 1.74 bits per heavy atom. The molecule has 3 aromatic rings. The summed E-state index contributed by atoms with van der Waals surface area (Å²) in [6.45, 7) is 0. The first kappa shape index (κ1) is 15.1. The highest BCUT2D eigenvalue weighted by molar-refractivity contribution is 7.85. The van der Waals surface area contributed by atoms with Crippen molar-refractivity contribution < 1.29 is 13.0 Å². The second kappa shape index (κ2) is 5.75. The number of fused-ring (bicyclic) bond motifs is 1. The normalized spacial score (nSPS) is 12.0. The molecule has 0 radical (unpaired) electrons. The molecule has 0 aliphatic heterocycles. The van der Waals surface area contributed by atoms with E-state index in [2.05, 4.69) is 15.2 Å². The Hall–Kier alpha value is -2.84. The van der Waals surface area contributed by atoms with Crippen LogP contribution in [-0.4, -0.2) is 18.0 Å². The zero-order chi connectivity index (χ0) is 16.4. The maximum atomic E-state index is 11.0. The van der Waals surface area contributed by atoms with Crippen LogP contribution in [0.1, 0.15) is 0 Å². The second-order valence-corrected chi connectivity index (χ2v) is 6.16. The van der Waals surface area contributed by atoms with E-state index in [-0.39, 0.29) is 4.90 Å². The van der Waals surface area contributed by atoms with Gasteiger partial charge in [0.05, 0.1) is 27.5 Å². The Bertz CT molecular complexity index is 999. The van der Waals surface area contributed by atoms with Crippen molar-refractivity contribution in [3.8, 4) is 0 Å². The average Bonchev–Trinajstić information content (AvgIpc) is 2.54. The third-order valence-electron chi connectivity index (χ3n) is 3.19. The van der Waals surface area contributed by atoms with E-state index in [0.717, 1.165) is 5.39 Å². The maximum absolute atomic E-state index is 11.0. The Kier molecular flexibility index (Phi) is 3.77. The number of nitrogens with two attached hydrogens (primary N) is 1. The molecule has 3 N–H and O–H groups in total. The Balaban J connectivity index is 1.96. The fourth-order valence-corrected chi connectivity index (χ4v) is 2.54. The van der Waals surface area contributed by atoms with Crippen LogP contribution in [0.3, 0.4) is 0 Å². The van der Waals surface area contributed by atoms with Gasteiger partial charge in [-0.3, -0.25) is 9.54 Å². The van der Waals surface area contributed by atoms with E-state index in [9.17, 15) is 8.42 Å². The second-order valence-electron chi connectivity index (χ2n) is 4.74. The van der Waals surface area contributed by atoms with E-state index in [1.165, 1.54) is 24.3 Å². The lowest BCUT2D eigenvalue weighted by molar-refractivity contribution is 0.483. The van der Waals surface area contributed by atoms with E-state index < -0.39 is 10.1 Å². The Morgan fingerprint density at radius 1 is 1.00 bits per heavy atom. The minimum Gasteiger partial charge on any atom is -0.397 e. The van der Waals surface area contributed by atoms with Crippen LogP contribution in [0.15, 0.2) is 69.9 Å². The summed E-state index contributed by atoms with van der Waals surface area (Å²) in [5, 5.41) is 8.98. The van der Waals surface area contributed by atoms with Crippen LogP contribution in [0, 0.1) is 0 Å². The fraction of sp³-hybridized carbons (Fsp3) is 0. The minimum absolute atomic E-state index is 0.196. The number of benzene rings is 2. The van der Waals surface area contributed by atoms with Gasteiger partial charge in [-0.25, -0.2) is 0 Å². The van der Waals surface area contributed by atoms with Gasteiger partial charge >= 0.3 is 0 Å². The molecule has 0 aliphatic carbocycles. The highest BCUT2D eigenvalue weighted by atomic mass is 32.2. The Labute approximate surface area is 132 Å². The van der Waals surface area contributed by atoms with Crippen molar-refractivity contribution >= 4 is 38.1 Å². The molecule has 3 rings (SSSR count). The zero-order valence-corrected chi connectivity index (χ0v) is 12.6. The number of hydrogen-bond acceptors (Lipinski definition) is 6. The first-order valence-electron chi connectivity index (χ1n) is 6.58. The molecule has 0 aliphatic rings. The van der Waals surface area contributed by atoms with E-state index in [4.69, 9.17) is 10.3 Å². The van der Waals surface area contributed by atoms with Gasteiger partial charge in [0.15, 0.2) is 0 Å². The topological polar surface area (TPSA) is 118 Å². The molecule has 0 saturated carbocycles. The minimum atomic E-state index is -4.21. The molecule has 1 aromatic heterocycles. The van der Waals surface area contributed by atoms with Gasteiger partial charge in [-0.05, 0) is 48.5 Å². The fourth-order valence-electron chi connectivity index (χ4n) is 2.06. The molecular formula is C15H12N4O3S. The van der Waals surface area contributed by atoms with Crippen LogP contribution >= 0.6 is 0 Å². The molecule has 0 fully saturated rings. The van der Waals surface area contributed by atoms with Gasteiger partial charge < -0.3 is 5.73 Å². The van der Waals surface area contributed by atoms with E-state index in [0.29, 0.717) is 22.6 Å². The smallest absolute Gasteiger partial charge is 0.294 e. The molecule has 116 valence electrons. The van der Waals surface area contributed by atoms with Crippen molar-refractivity contribution in [1.82, 2.24) is 4.98 Å². The summed E-state index contributed by atoms with van der Waals surface area (Å²) >= 11 is 0. The number of azo groups is 1. The molecule has 1 heterocycles. The standard InChI is InChI=1S/C15H12N4O3S/c16-13-7-8-14(12-2-1-9-17-15(12)13)19-18-10-3-5-11(6-4-10)23(20,21)22/h1-9H,16H2,(H,20,21,22). The van der Waals surface area contributed by atoms with Crippen LogP contribution < -0.4 is 5.73 Å². The van der Waals surface area contributed by atoms with Crippen molar-refractivity contribution in [3.05, 3.63) is 54.7 Å². The van der Waals surface area contributed by atoms with Crippen molar-refractivity contribution in [2.24, 2.45) is 10.2 Å². The van der Waals surface area contributed by atoms with E-state index >= 15 is 0 Å². The molecule has 2 aromatic carbocycles. The highest BCUT2D eigenvalue weighted by Gasteiger charge is 2.08. The third kappa shape index (κ3) is 3.17. The summed E-state index contributed by atoms with van der Waals surface area (Å²) in [6.07, 6.45) is 1.65. The lowest BCUT2D eigenvalue weighted by atomic mass is 10.1. The first-order chi connectivity index (χ1) is 10.9. The first-order valence-corrected chi connectivity index (χ1v) is 8.02. The van der Waals surface area contributed by atoms with Crippen LogP contribution in [0.5, 0.6) is 0 Å². The number of anilines is 1. The molecule has 0 bridgehead atoms. The van der Waals surface area contributed by atoms with Gasteiger partial charge in [-0.1, -0.05) is 0 Å².